The molecule has 4 nitrogen and oxygen atoms in total. The highest BCUT2D eigenvalue weighted by molar-refractivity contribution is 5.82. The maximum atomic E-state index is 14.0. The van der Waals surface area contributed by atoms with Crippen LogP contribution in [0.2, 0.25) is 0 Å². The van der Waals surface area contributed by atoms with Gasteiger partial charge in [-0.1, -0.05) is 42.5 Å². The number of carbonyl (C=O) groups is 1. The van der Waals surface area contributed by atoms with Crippen LogP contribution in [0, 0.1) is 11.2 Å². The maximum Gasteiger partial charge on any atom is 0.471 e. The van der Waals surface area contributed by atoms with Crippen LogP contribution in [0.15, 0.2) is 54.6 Å². The smallest absolute Gasteiger partial charge is 0.471 e. The van der Waals surface area contributed by atoms with Gasteiger partial charge < -0.3 is 15.0 Å². The molecule has 1 aliphatic heterocycles. The Labute approximate surface area is 184 Å². The number of nitrogens with zero attached hydrogens (tertiary/aromatic N) is 1. The second kappa shape index (κ2) is 9.10. The van der Waals surface area contributed by atoms with Crippen LogP contribution in [0.3, 0.4) is 0 Å². The monoisotopic (exact) mass is 450 g/mol. The standard InChI is InChI=1S/C24H26F4N2O2/c25-19-8-4-5-9-21(19)32-16-23(10-12-29-13-11-23)15-30(22(31)24(26,27)28)20-14-18(20)17-6-2-1-3-7-17/h1-9,18,20,29H,10-16H2. The van der Waals surface area contributed by atoms with Crippen LogP contribution in [0.25, 0.3) is 0 Å². The summed E-state index contributed by atoms with van der Waals surface area (Å²) in [6.07, 6.45) is -3.39. The molecular weight excluding hydrogens is 424 g/mol. The molecule has 2 atom stereocenters. The van der Waals surface area contributed by atoms with Crippen LogP contribution in [0.1, 0.15) is 30.7 Å². The Morgan fingerprint density at radius 3 is 2.38 bits per heavy atom. The first-order valence-corrected chi connectivity index (χ1v) is 10.8. The lowest BCUT2D eigenvalue weighted by atomic mass is 9.79. The van der Waals surface area contributed by atoms with Gasteiger partial charge in [-0.25, -0.2) is 4.39 Å². The zero-order chi connectivity index (χ0) is 22.8. The van der Waals surface area contributed by atoms with Crippen molar-refractivity contribution < 1.29 is 27.1 Å². The van der Waals surface area contributed by atoms with Gasteiger partial charge in [0.15, 0.2) is 11.6 Å². The Kier molecular flexibility index (Phi) is 6.42. The molecule has 1 amide bonds. The molecule has 0 bridgehead atoms. The van der Waals surface area contributed by atoms with Crippen molar-refractivity contribution in [1.82, 2.24) is 10.2 Å². The molecule has 1 aliphatic carbocycles. The molecule has 4 rings (SSSR count). The number of para-hydroxylation sites is 1. The first-order chi connectivity index (χ1) is 15.3. The predicted octanol–water partition coefficient (Wildman–Crippen LogP) is 4.52. The van der Waals surface area contributed by atoms with Crippen LogP contribution in [-0.4, -0.2) is 49.3 Å². The van der Waals surface area contributed by atoms with E-state index in [4.69, 9.17) is 4.74 Å². The first kappa shape index (κ1) is 22.6. The SMILES string of the molecule is O=C(N(CC1(COc2ccccc2F)CCNCC1)C1CC1c1ccccc1)C(F)(F)F. The third-order valence-electron chi connectivity index (χ3n) is 6.43. The predicted molar refractivity (Wildman–Crippen MR) is 112 cm³/mol. The van der Waals surface area contributed by atoms with Crippen LogP contribution in [0.5, 0.6) is 5.75 Å². The lowest BCUT2D eigenvalue weighted by molar-refractivity contribution is -0.188. The normalized spacial score (nSPS) is 22.2. The molecule has 172 valence electrons. The van der Waals surface area contributed by atoms with Crippen molar-refractivity contribution in [2.45, 2.75) is 37.4 Å². The van der Waals surface area contributed by atoms with E-state index in [0.29, 0.717) is 32.4 Å². The fourth-order valence-corrected chi connectivity index (χ4v) is 4.55. The third-order valence-corrected chi connectivity index (χ3v) is 6.43. The highest BCUT2D eigenvalue weighted by Crippen LogP contribution is 2.47. The average Bonchev–Trinajstić information content (AvgIpc) is 3.58. The van der Waals surface area contributed by atoms with Crippen molar-refractivity contribution in [3.63, 3.8) is 0 Å². The molecule has 1 saturated heterocycles. The fourth-order valence-electron chi connectivity index (χ4n) is 4.55. The molecule has 0 spiro atoms. The molecule has 2 fully saturated rings. The summed E-state index contributed by atoms with van der Waals surface area (Å²) in [7, 11) is 0. The molecule has 2 aliphatic rings. The van der Waals surface area contributed by atoms with Crippen LogP contribution >= 0.6 is 0 Å². The van der Waals surface area contributed by atoms with Gasteiger partial charge >= 0.3 is 12.1 Å². The lowest BCUT2D eigenvalue weighted by Crippen LogP contribution is -2.53. The van der Waals surface area contributed by atoms with E-state index in [-0.39, 0.29) is 24.8 Å². The van der Waals surface area contributed by atoms with Gasteiger partial charge in [0.25, 0.3) is 0 Å². The van der Waals surface area contributed by atoms with Crippen LogP contribution in [0.4, 0.5) is 17.6 Å². The van der Waals surface area contributed by atoms with Gasteiger partial charge in [0.2, 0.25) is 0 Å². The third kappa shape index (κ3) is 5.06. The first-order valence-electron chi connectivity index (χ1n) is 10.8. The molecule has 32 heavy (non-hydrogen) atoms. The Morgan fingerprint density at radius 2 is 1.72 bits per heavy atom. The summed E-state index contributed by atoms with van der Waals surface area (Å²) in [6.45, 7) is 1.17. The average molecular weight is 450 g/mol. The quantitative estimate of drug-likeness (QED) is 0.631. The van der Waals surface area contributed by atoms with E-state index in [1.54, 1.807) is 12.1 Å². The molecule has 1 N–H and O–H groups in total. The number of halogens is 4. The molecule has 8 heteroatoms. The van der Waals surface area contributed by atoms with Crippen molar-refractivity contribution in [2.24, 2.45) is 5.41 Å². The number of piperidine rings is 1. The van der Waals surface area contributed by atoms with E-state index in [1.165, 1.54) is 12.1 Å². The van der Waals surface area contributed by atoms with Crippen molar-refractivity contribution in [3.05, 3.63) is 66.0 Å². The topological polar surface area (TPSA) is 41.6 Å². The van der Waals surface area contributed by atoms with Crippen LogP contribution < -0.4 is 10.1 Å². The number of ether oxygens (including phenoxy) is 1. The number of hydrogen-bond donors (Lipinski definition) is 1. The molecule has 0 radical (unpaired) electrons. The minimum absolute atomic E-state index is 0.0416. The highest BCUT2D eigenvalue weighted by atomic mass is 19.4. The van der Waals surface area contributed by atoms with Gasteiger partial charge in [-0.15, -0.1) is 0 Å². The van der Waals surface area contributed by atoms with Gasteiger partial charge in [-0.3, -0.25) is 4.79 Å². The summed E-state index contributed by atoms with van der Waals surface area (Å²) in [5.41, 5.74) is 0.234. The van der Waals surface area contributed by atoms with E-state index in [9.17, 15) is 22.4 Å². The summed E-state index contributed by atoms with van der Waals surface area (Å²) >= 11 is 0. The van der Waals surface area contributed by atoms with Gasteiger partial charge in [-0.2, -0.15) is 13.2 Å². The second-order valence-electron chi connectivity index (χ2n) is 8.72. The molecule has 2 unspecified atom stereocenters. The number of amides is 1. The van der Waals surface area contributed by atoms with Gasteiger partial charge in [0, 0.05) is 23.9 Å². The summed E-state index contributed by atoms with van der Waals surface area (Å²) in [4.78, 5) is 13.4. The minimum atomic E-state index is -4.95. The van der Waals surface area contributed by atoms with E-state index >= 15 is 0 Å². The molecule has 2 aromatic rings. The van der Waals surface area contributed by atoms with E-state index < -0.39 is 29.4 Å². The number of nitrogens with one attached hydrogen (secondary N) is 1. The molecular formula is C24H26F4N2O2. The van der Waals surface area contributed by atoms with E-state index in [2.05, 4.69) is 5.32 Å². The molecule has 1 heterocycles. The largest absolute Gasteiger partial charge is 0.490 e. The molecule has 2 aromatic carbocycles. The summed E-state index contributed by atoms with van der Waals surface area (Å²) in [5.74, 6) is -2.39. The van der Waals surface area contributed by atoms with Crippen molar-refractivity contribution in [2.75, 3.05) is 26.2 Å². The van der Waals surface area contributed by atoms with Gasteiger partial charge in [0.05, 0.1) is 6.61 Å². The van der Waals surface area contributed by atoms with E-state index in [0.717, 1.165) is 10.5 Å². The number of rotatable bonds is 7. The minimum Gasteiger partial charge on any atom is -0.490 e. The van der Waals surface area contributed by atoms with Crippen molar-refractivity contribution in [3.8, 4) is 5.75 Å². The Bertz CT molecular complexity index is 929. The lowest BCUT2D eigenvalue weighted by Gasteiger charge is -2.41. The second-order valence-corrected chi connectivity index (χ2v) is 8.72. The number of benzene rings is 2. The highest BCUT2D eigenvalue weighted by Gasteiger charge is 2.54. The summed E-state index contributed by atoms with van der Waals surface area (Å²) < 4.78 is 60.3. The Morgan fingerprint density at radius 1 is 1.06 bits per heavy atom. The summed E-state index contributed by atoms with van der Waals surface area (Å²) in [5, 5.41) is 3.21. The Balaban J connectivity index is 1.56. The fraction of sp³-hybridized carbons (Fsp3) is 0.458. The van der Waals surface area contributed by atoms with Gasteiger partial charge in [0.1, 0.15) is 0 Å². The molecule has 0 aromatic heterocycles. The van der Waals surface area contributed by atoms with Crippen molar-refractivity contribution >= 4 is 5.91 Å². The number of hydrogen-bond acceptors (Lipinski definition) is 3. The number of carbonyl (C=O) groups excluding carboxylic acids is 1. The van der Waals surface area contributed by atoms with Gasteiger partial charge in [-0.05, 0) is 50.0 Å². The van der Waals surface area contributed by atoms with Crippen LogP contribution in [-0.2, 0) is 4.79 Å². The van der Waals surface area contributed by atoms with Crippen molar-refractivity contribution in [1.29, 1.82) is 0 Å². The van der Waals surface area contributed by atoms with E-state index in [1.807, 2.05) is 30.3 Å². The Hall–Kier alpha value is -2.61. The number of alkyl halides is 3. The summed E-state index contributed by atoms with van der Waals surface area (Å²) in [6, 6.07) is 14.7. The zero-order valence-corrected chi connectivity index (χ0v) is 17.6. The maximum absolute atomic E-state index is 14.0. The molecule has 1 saturated carbocycles. The zero-order valence-electron chi connectivity index (χ0n) is 17.6.